The minimum Gasteiger partial charge on any atom is -0.497 e. The number of sulfonamides is 1. The zero-order valence-corrected chi connectivity index (χ0v) is 22.0. The van der Waals surface area contributed by atoms with Crippen LogP contribution < -0.4 is 24.0 Å². The molecule has 194 valence electrons. The zero-order chi connectivity index (χ0) is 26.0. The number of carbonyl (C=O) groups excluding carboxylic acids is 1. The smallest absolute Gasteiger partial charge is 0.267 e. The Balaban J connectivity index is 1.38. The number of anilines is 3. The second-order valence-electron chi connectivity index (χ2n) is 9.01. The Morgan fingerprint density at radius 1 is 1.00 bits per heavy atom. The maximum atomic E-state index is 13.6. The van der Waals surface area contributed by atoms with Crippen LogP contribution in [0.3, 0.4) is 0 Å². The lowest BCUT2D eigenvalue weighted by Gasteiger charge is -2.35. The van der Waals surface area contributed by atoms with E-state index in [1.807, 2.05) is 24.3 Å². The van der Waals surface area contributed by atoms with Crippen LogP contribution in [0.25, 0.3) is 0 Å². The van der Waals surface area contributed by atoms with Gasteiger partial charge in [0.1, 0.15) is 11.5 Å². The van der Waals surface area contributed by atoms with Crippen LogP contribution in [-0.4, -0.2) is 47.2 Å². The Bertz CT molecular complexity index is 1370. The van der Waals surface area contributed by atoms with E-state index in [1.54, 1.807) is 24.3 Å². The first-order valence-electron chi connectivity index (χ1n) is 12.1. The summed E-state index contributed by atoms with van der Waals surface area (Å²) in [6.07, 6.45) is 2.55. The molecule has 3 aromatic carbocycles. The molecule has 1 atom stereocenters. The Kier molecular flexibility index (Phi) is 7.17. The number of ether oxygens (including phenoxy) is 2. The first-order valence-corrected chi connectivity index (χ1v) is 14.0. The predicted molar refractivity (Wildman–Crippen MR) is 145 cm³/mol. The van der Waals surface area contributed by atoms with E-state index in [-0.39, 0.29) is 22.9 Å². The third kappa shape index (κ3) is 5.33. The molecule has 10 heteroatoms. The summed E-state index contributed by atoms with van der Waals surface area (Å²) in [7, 11) is -2.51. The van der Waals surface area contributed by atoms with Crippen molar-refractivity contribution in [3.05, 3.63) is 71.8 Å². The lowest BCUT2D eigenvalue weighted by atomic mass is 10.1. The van der Waals surface area contributed by atoms with E-state index in [0.29, 0.717) is 16.5 Å². The quantitative estimate of drug-likeness (QED) is 0.476. The zero-order valence-electron chi connectivity index (χ0n) is 20.4. The van der Waals surface area contributed by atoms with E-state index in [1.165, 1.54) is 48.9 Å². The maximum absolute atomic E-state index is 13.6. The van der Waals surface area contributed by atoms with E-state index in [9.17, 15) is 13.2 Å². The van der Waals surface area contributed by atoms with Gasteiger partial charge in [0.05, 0.1) is 24.2 Å². The van der Waals surface area contributed by atoms with Gasteiger partial charge in [0, 0.05) is 29.5 Å². The van der Waals surface area contributed by atoms with Gasteiger partial charge in [-0.25, -0.2) is 8.42 Å². The molecule has 1 fully saturated rings. The Morgan fingerprint density at radius 2 is 1.70 bits per heavy atom. The highest BCUT2D eigenvalue weighted by molar-refractivity contribution is 7.92. The summed E-state index contributed by atoms with van der Waals surface area (Å²) < 4.78 is 39.5. The van der Waals surface area contributed by atoms with Gasteiger partial charge in [-0.3, -0.25) is 9.10 Å². The van der Waals surface area contributed by atoms with Crippen molar-refractivity contribution in [2.45, 2.75) is 30.3 Å². The van der Waals surface area contributed by atoms with Crippen molar-refractivity contribution in [1.29, 1.82) is 0 Å². The molecule has 0 bridgehead atoms. The van der Waals surface area contributed by atoms with Crippen molar-refractivity contribution in [2.75, 3.05) is 41.3 Å². The number of nitrogens with one attached hydrogen (secondary N) is 1. The first kappa shape index (κ1) is 25.2. The number of carbonyl (C=O) groups is 1. The van der Waals surface area contributed by atoms with Crippen LogP contribution >= 0.6 is 11.6 Å². The van der Waals surface area contributed by atoms with Gasteiger partial charge in [-0.15, -0.1) is 0 Å². The Labute approximate surface area is 221 Å². The van der Waals surface area contributed by atoms with E-state index in [2.05, 4.69) is 10.2 Å². The van der Waals surface area contributed by atoms with Crippen LogP contribution in [0, 0.1) is 0 Å². The molecule has 37 heavy (non-hydrogen) atoms. The molecule has 0 radical (unpaired) electrons. The molecule has 0 saturated carbocycles. The molecule has 0 unspecified atom stereocenters. The van der Waals surface area contributed by atoms with E-state index >= 15 is 0 Å². The second kappa shape index (κ2) is 10.5. The second-order valence-corrected chi connectivity index (χ2v) is 11.3. The fourth-order valence-corrected chi connectivity index (χ4v) is 6.23. The van der Waals surface area contributed by atoms with Gasteiger partial charge >= 0.3 is 0 Å². The van der Waals surface area contributed by atoms with Crippen LogP contribution in [0.5, 0.6) is 11.5 Å². The van der Waals surface area contributed by atoms with E-state index in [0.717, 1.165) is 18.8 Å². The fourth-order valence-electron chi connectivity index (χ4n) is 4.59. The number of amides is 1. The summed E-state index contributed by atoms with van der Waals surface area (Å²) in [6, 6.07) is 18.4. The Morgan fingerprint density at radius 3 is 2.38 bits per heavy atom. The van der Waals surface area contributed by atoms with Gasteiger partial charge in [0.2, 0.25) is 0 Å². The summed E-state index contributed by atoms with van der Waals surface area (Å²) >= 11 is 6.18. The molecule has 1 N–H and O–H groups in total. The van der Waals surface area contributed by atoms with E-state index in [4.69, 9.17) is 21.1 Å². The number of halogens is 1. The third-order valence-electron chi connectivity index (χ3n) is 6.59. The number of methoxy groups -OCH3 is 1. The van der Waals surface area contributed by atoms with Gasteiger partial charge in [0.25, 0.3) is 15.9 Å². The van der Waals surface area contributed by atoms with Crippen LogP contribution in [0.4, 0.5) is 17.1 Å². The van der Waals surface area contributed by atoms with Gasteiger partial charge in [-0.05, 0) is 86.0 Å². The average Bonchev–Trinajstić information content (AvgIpc) is 2.93. The van der Waals surface area contributed by atoms with Gasteiger partial charge in [-0.2, -0.15) is 0 Å². The third-order valence-corrected chi connectivity index (χ3v) is 8.62. The molecular weight excluding hydrogens is 514 g/mol. The summed E-state index contributed by atoms with van der Waals surface area (Å²) in [5.41, 5.74) is 2.01. The summed E-state index contributed by atoms with van der Waals surface area (Å²) in [5.74, 6) is 0.350. The standard InChI is InChI=1S/C27H28ClN3O5S/c1-35-22-10-12-23(13-11-22)37(33,34)31-18-26(36-25-14-5-19(28)17-24(25)31)27(32)29-20-6-8-21(9-7-20)30-15-3-2-4-16-30/h5-14,17,26H,2-4,15-16,18H2,1H3,(H,29,32)/t26-/m0/s1. The molecule has 2 aliphatic rings. The number of benzene rings is 3. The highest BCUT2D eigenvalue weighted by Crippen LogP contribution is 2.39. The molecule has 0 spiro atoms. The van der Waals surface area contributed by atoms with Crippen molar-refractivity contribution >= 4 is 44.6 Å². The molecule has 1 amide bonds. The van der Waals surface area contributed by atoms with Gasteiger partial charge in [0.15, 0.2) is 6.10 Å². The molecule has 5 rings (SSSR count). The van der Waals surface area contributed by atoms with Crippen molar-refractivity contribution < 1.29 is 22.7 Å². The van der Waals surface area contributed by atoms with Crippen LogP contribution in [0.1, 0.15) is 19.3 Å². The van der Waals surface area contributed by atoms with Crippen LogP contribution in [0.15, 0.2) is 71.6 Å². The number of hydrogen-bond donors (Lipinski definition) is 1. The Hall–Kier alpha value is -3.43. The van der Waals surface area contributed by atoms with Crippen molar-refractivity contribution in [3.63, 3.8) is 0 Å². The molecule has 2 heterocycles. The SMILES string of the molecule is COc1ccc(S(=O)(=O)N2C[C@@H](C(=O)Nc3ccc(N4CCCCC4)cc3)Oc3ccc(Cl)cc32)cc1. The maximum Gasteiger partial charge on any atom is 0.267 e. The van der Waals surface area contributed by atoms with Crippen molar-refractivity contribution in [3.8, 4) is 11.5 Å². The highest BCUT2D eigenvalue weighted by Gasteiger charge is 2.38. The first-order chi connectivity index (χ1) is 17.8. The number of rotatable bonds is 6. The average molecular weight is 542 g/mol. The van der Waals surface area contributed by atoms with Crippen LogP contribution in [-0.2, 0) is 14.8 Å². The van der Waals surface area contributed by atoms with Gasteiger partial charge in [-0.1, -0.05) is 11.6 Å². The predicted octanol–water partition coefficient (Wildman–Crippen LogP) is 4.93. The normalized spacial score (nSPS) is 17.5. The van der Waals surface area contributed by atoms with Crippen molar-refractivity contribution in [2.24, 2.45) is 0 Å². The molecule has 3 aromatic rings. The highest BCUT2D eigenvalue weighted by atomic mass is 35.5. The minimum absolute atomic E-state index is 0.0635. The fraction of sp³-hybridized carbons (Fsp3) is 0.296. The monoisotopic (exact) mass is 541 g/mol. The summed E-state index contributed by atoms with van der Waals surface area (Å²) in [6.45, 7) is 1.85. The van der Waals surface area contributed by atoms with E-state index < -0.39 is 22.0 Å². The number of fused-ring (bicyclic) bond motifs is 1. The summed E-state index contributed by atoms with van der Waals surface area (Å²) in [4.78, 5) is 15.6. The lowest BCUT2D eigenvalue weighted by molar-refractivity contribution is -0.122. The summed E-state index contributed by atoms with van der Waals surface area (Å²) in [5, 5.41) is 3.22. The molecular formula is C27H28ClN3O5S. The lowest BCUT2D eigenvalue weighted by Crippen LogP contribution is -2.48. The van der Waals surface area contributed by atoms with Crippen LogP contribution in [0.2, 0.25) is 5.02 Å². The van der Waals surface area contributed by atoms with Crippen molar-refractivity contribution in [1.82, 2.24) is 0 Å². The molecule has 0 aromatic heterocycles. The largest absolute Gasteiger partial charge is 0.497 e. The molecule has 0 aliphatic carbocycles. The van der Waals surface area contributed by atoms with Gasteiger partial charge < -0.3 is 19.7 Å². The number of piperidine rings is 1. The molecule has 1 saturated heterocycles. The molecule has 2 aliphatic heterocycles. The minimum atomic E-state index is -4.02. The number of nitrogens with zero attached hydrogens (tertiary/aromatic N) is 2. The topological polar surface area (TPSA) is 88.2 Å². The number of hydrogen-bond acceptors (Lipinski definition) is 6. The molecule has 8 nitrogen and oxygen atoms in total.